The molecule has 1 N–H and O–H groups in total. The van der Waals surface area contributed by atoms with Crippen LogP contribution in [0.1, 0.15) is 36.0 Å². The minimum Gasteiger partial charge on any atom is -0.408 e. The number of likely N-dealkylation sites (tertiary alicyclic amines) is 1. The third kappa shape index (κ3) is 4.23. The zero-order chi connectivity index (χ0) is 20.2. The summed E-state index contributed by atoms with van der Waals surface area (Å²) < 4.78 is 6.63. The van der Waals surface area contributed by atoms with Gasteiger partial charge < -0.3 is 14.6 Å². The smallest absolute Gasteiger partial charge is 0.408 e. The number of carbonyl (C=O) groups excluding carboxylic acids is 2. The molecule has 0 spiro atoms. The molecule has 0 aliphatic carbocycles. The van der Waals surface area contributed by atoms with E-state index in [9.17, 15) is 14.4 Å². The van der Waals surface area contributed by atoms with Crippen molar-refractivity contribution in [1.29, 1.82) is 0 Å². The second-order valence-corrected chi connectivity index (χ2v) is 7.22. The Morgan fingerprint density at radius 2 is 1.79 bits per heavy atom. The molecule has 29 heavy (non-hydrogen) atoms. The lowest BCUT2D eigenvalue weighted by Crippen LogP contribution is -2.35. The Kier molecular flexibility index (Phi) is 5.46. The first kappa shape index (κ1) is 19.0. The molecule has 0 atom stereocenters. The molecular weight excluding hydrogens is 370 g/mol. The predicted octanol–water partition coefficient (Wildman–Crippen LogP) is 3.25. The van der Waals surface area contributed by atoms with Crippen molar-refractivity contribution < 1.29 is 14.0 Å². The number of piperidine rings is 1. The summed E-state index contributed by atoms with van der Waals surface area (Å²) in [6, 6.07) is 14.1. The first-order valence-electron chi connectivity index (χ1n) is 9.89. The Morgan fingerprint density at radius 3 is 2.62 bits per heavy atom. The Morgan fingerprint density at radius 1 is 1.00 bits per heavy atom. The van der Waals surface area contributed by atoms with Gasteiger partial charge in [-0.2, -0.15) is 0 Å². The fourth-order valence-corrected chi connectivity index (χ4v) is 3.67. The van der Waals surface area contributed by atoms with Crippen LogP contribution in [0.5, 0.6) is 0 Å². The summed E-state index contributed by atoms with van der Waals surface area (Å²) in [6.45, 7) is 1.78. The lowest BCUT2D eigenvalue weighted by Gasteiger charge is -2.26. The van der Waals surface area contributed by atoms with E-state index in [2.05, 4.69) is 5.32 Å². The van der Waals surface area contributed by atoms with Gasteiger partial charge in [0.05, 0.1) is 5.52 Å². The molecule has 0 unspecified atom stereocenters. The minimum atomic E-state index is -0.479. The second-order valence-electron chi connectivity index (χ2n) is 7.22. The van der Waals surface area contributed by atoms with Gasteiger partial charge in [0.1, 0.15) is 0 Å². The molecule has 1 fully saturated rings. The van der Waals surface area contributed by atoms with E-state index in [4.69, 9.17) is 4.42 Å². The maximum absolute atomic E-state index is 12.6. The fourth-order valence-electron chi connectivity index (χ4n) is 3.67. The summed E-state index contributed by atoms with van der Waals surface area (Å²) in [5.74, 6) is -0.713. The number of para-hydroxylation sites is 2. The molecule has 1 saturated heterocycles. The number of hydrogen-bond acceptors (Lipinski definition) is 4. The van der Waals surface area contributed by atoms with Gasteiger partial charge in [-0.15, -0.1) is 0 Å². The Bertz CT molecular complexity index is 1090. The van der Waals surface area contributed by atoms with Crippen molar-refractivity contribution in [2.45, 2.75) is 32.2 Å². The number of rotatable bonds is 5. The highest BCUT2D eigenvalue weighted by Crippen LogP contribution is 2.17. The molecule has 0 bridgehead atoms. The minimum absolute atomic E-state index is 0.00258. The third-order valence-electron chi connectivity index (χ3n) is 5.17. The number of aryl methyl sites for hydroxylation is 1. The van der Waals surface area contributed by atoms with Crippen molar-refractivity contribution in [3.8, 4) is 0 Å². The Hall–Kier alpha value is -3.35. The van der Waals surface area contributed by atoms with Gasteiger partial charge in [0.2, 0.25) is 5.91 Å². The standard InChI is InChI=1S/C22H23N3O4/c26-20(11-14-25-18-9-2-3-10-19(18)29-22(25)28)23-17-8-6-7-16(15-17)21(27)24-12-4-1-5-13-24/h2-3,6-10,15H,1,4-5,11-14H2,(H,23,26). The van der Waals surface area contributed by atoms with Gasteiger partial charge in [-0.25, -0.2) is 4.79 Å². The molecule has 150 valence electrons. The van der Waals surface area contributed by atoms with E-state index < -0.39 is 5.76 Å². The average molecular weight is 393 g/mol. The molecule has 1 aromatic heterocycles. The number of nitrogens with one attached hydrogen (secondary N) is 1. The van der Waals surface area contributed by atoms with E-state index in [1.54, 1.807) is 42.5 Å². The molecule has 0 saturated carbocycles. The summed E-state index contributed by atoms with van der Waals surface area (Å²) in [5, 5.41) is 2.81. The number of carbonyl (C=O) groups is 2. The van der Waals surface area contributed by atoms with Gasteiger partial charge in [0.15, 0.2) is 5.58 Å². The maximum Gasteiger partial charge on any atom is 0.419 e. The molecule has 2 heterocycles. The number of amides is 2. The van der Waals surface area contributed by atoms with Gasteiger partial charge in [0, 0.05) is 37.3 Å². The van der Waals surface area contributed by atoms with Crippen LogP contribution in [0.3, 0.4) is 0 Å². The van der Waals surface area contributed by atoms with Gasteiger partial charge in [-0.3, -0.25) is 14.2 Å². The van der Waals surface area contributed by atoms with Crippen molar-refractivity contribution in [3.05, 3.63) is 64.6 Å². The van der Waals surface area contributed by atoms with Crippen LogP contribution < -0.4 is 11.1 Å². The van der Waals surface area contributed by atoms with E-state index >= 15 is 0 Å². The number of oxazole rings is 1. The predicted molar refractivity (Wildman–Crippen MR) is 110 cm³/mol. The molecule has 2 amide bonds. The first-order chi connectivity index (χ1) is 14.1. The van der Waals surface area contributed by atoms with Crippen LogP contribution >= 0.6 is 0 Å². The summed E-state index contributed by atoms with van der Waals surface area (Å²) in [5.41, 5.74) is 2.31. The van der Waals surface area contributed by atoms with Gasteiger partial charge >= 0.3 is 5.76 Å². The van der Waals surface area contributed by atoms with Crippen LogP contribution in [0.15, 0.2) is 57.7 Å². The normalized spacial score (nSPS) is 14.1. The van der Waals surface area contributed by atoms with E-state index in [1.165, 1.54) is 4.57 Å². The summed E-state index contributed by atoms with van der Waals surface area (Å²) in [6.07, 6.45) is 3.34. The SMILES string of the molecule is O=C(CCn1c(=O)oc2ccccc21)Nc1cccc(C(=O)N2CCCCC2)c1. The Balaban J connectivity index is 1.40. The van der Waals surface area contributed by atoms with Crippen LogP contribution in [0.4, 0.5) is 5.69 Å². The second kappa shape index (κ2) is 8.34. The summed E-state index contributed by atoms with van der Waals surface area (Å²) in [4.78, 5) is 38.9. The summed E-state index contributed by atoms with van der Waals surface area (Å²) in [7, 11) is 0. The highest BCUT2D eigenvalue weighted by Gasteiger charge is 2.18. The first-order valence-corrected chi connectivity index (χ1v) is 9.89. The van der Waals surface area contributed by atoms with Crippen molar-refractivity contribution in [1.82, 2.24) is 9.47 Å². The van der Waals surface area contributed by atoms with Crippen LogP contribution in [0, 0.1) is 0 Å². The molecule has 1 aliphatic rings. The van der Waals surface area contributed by atoms with Gasteiger partial charge in [-0.05, 0) is 49.6 Å². The van der Waals surface area contributed by atoms with Crippen LogP contribution in [0.25, 0.3) is 11.1 Å². The molecule has 2 aromatic carbocycles. The number of aromatic nitrogens is 1. The van der Waals surface area contributed by atoms with E-state index in [1.807, 2.05) is 11.0 Å². The Labute approximate surface area is 167 Å². The highest BCUT2D eigenvalue weighted by atomic mass is 16.4. The number of fused-ring (bicyclic) bond motifs is 1. The number of benzene rings is 2. The molecule has 0 radical (unpaired) electrons. The zero-order valence-electron chi connectivity index (χ0n) is 16.1. The van der Waals surface area contributed by atoms with Gasteiger partial charge in [0.25, 0.3) is 5.91 Å². The molecule has 7 nitrogen and oxygen atoms in total. The van der Waals surface area contributed by atoms with Crippen LogP contribution in [-0.4, -0.2) is 34.4 Å². The lowest BCUT2D eigenvalue weighted by molar-refractivity contribution is -0.116. The van der Waals surface area contributed by atoms with E-state index in [0.29, 0.717) is 22.4 Å². The zero-order valence-corrected chi connectivity index (χ0v) is 16.1. The highest BCUT2D eigenvalue weighted by molar-refractivity contribution is 5.97. The van der Waals surface area contributed by atoms with Crippen molar-refractivity contribution in [3.63, 3.8) is 0 Å². The van der Waals surface area contributed by atoms with Crippen molar-refractivity contribution >= 4 is 28.6 Å². The van der Waals surface area contributed by atoms with Crippen molar-refractivity contribution in [2.75, 3.05) is 18.4 Å². The third-order valence-corrected chi connectivity index (χ3v) is 5.17. The quantitative estimate of drug-likeness (QED) is 0.721. The summed E-state index contributed by atoms with van der Waals surface area (Å²) >= 11 is 0. The number of hydrogen-bond donors (Lipinski definition) is 1. The van der Waals surface area contributed by atoms with E-state index in [-0.39, 0.29) is 24.8 Å². The fraction of sp³-hybridized carbons (Fsp3) is 0.318. The van der Waals surface area contributed by atoms with Crippen molar-refractivity contribution in [2.24, 2.45) is 0 Å². The monoisotopic (exact) mass is 393 g/mol. The molecule has 3 aromatic rings. The molecule has 1 aliphatic heterocycles. The molecular formula is C22H23N3O4. The molecule has 4 rings (SSSR count). The van der Waals surface area contributed by atoms with E-state index in [0.717, 1.165) is 32.4 Å². The lowest BCUT2D eigenvalue weighted by atomic mass is 10.1. The van der Waals surface area contributed by atoms with Crippen LogP contribution in [0.2, 0.25) is 0 Å². The largest absolute Gasteiger partial charge is 0.419 e. The van der Waals surface area contributed by atoms with Gasteiger partial charge in [-0.1, -0.05) is 18.2 Å². The topological polar surface area (TPSA) is 84.5 Å². The number of nitrogens with zero attached hydrogens (tertiary/aromatic N) is 2. The number of anilines is 1. The average Bonchev–Trinajstić information content (AvgIpc) is 3.07. The molecule has 7 heteroatoms. The van der Waals surface area contributed by atoms with Crippen LogP contribution in [-0.2, 0) is 11.3 Å². The maximum atomic E-state index is 12.6.